The van der Waals surface area contributed by atoms with E-state index in [0.29, 0.717) is 17.9 Å². The maximum atomic E-state index is 12.6. The lowest BCUT2D eigenvalue weighted by Crippen LogP contribution is -2.32. The zero-order chi connectivity index (χ0) is 19.9. The van der Waals surface area contributed by atoms with E-state index in [-0.39, 0.29) is 26.8 Å². The second-order valence-electron chi connectivity index (χ2n) is 6.80. The minimum atomic E-state index is -3.43. The van der Waals surface area contributed by atoms with Crippen LogP contribution in [0.4, 0.5) is 0 Å². The number of nitrogens with zero attached hydrogens (tertiary/aromatic N) is 1. The highest BCUT2D eigenvalue weighted by molar-refractivity contribution is 7.92. The molecule has 0 atom stereocenters. The first-order valence-corrected chi connectivity index (χ1v) is 10.5. The van der Waals surface area contributed by atoms with Crippen LogP contribution < -0.4 is 0 Å². The van der Waals surface area contributed by atoms with Crippen LogP contribution in [0, 0.1) is 0 Å². The van der Waals surface area contributed by atoms with Crippen LogP contribution in [-0.2, 0) is 14.7 Å². The number of hydrogen-bond acceptors (Lipinski definition) is 6. The molecule has 28 heavy (non-hydrogen) atoms. The molecule has 0 saturated heterocycles. The molecular weight excluding hydrogens is 382 g/mol. The Bertz CT molecular complexity index is 1030. The molecule has 1 saturated carbocycles. The van der Waals surface area contributed by atoms with E-state index in [4.69, 9.17) is 4.84 Å². The lowest BCUT2D eigenvalue weighted by Gasteiger charge is -2.14. The summed E-state index contributed by atoms with van der Waals surface area (Å²) >= 11 is 0. The first-order chi connectivity index (χ1) is 13.4. The third-order valence-corrected chi connectivity index (χ3v) is 7.37. The fourth-order valence-electron chi connectivity index (χ4n) is 3.56. The van der Waals surface area contributed by atoms with Crippen LogP contribution in [0.3, 0.4) is 0 Å². The Hall–Kier alpha value is -3.00. The molecule has 2 aliphatic rings. The normalized spacial score (nSPS) is 17.1. The Morgan fingerprint density at radius 1 is 0.893 bits per heavy atom. The molecule has 4 rings (SSSR count). The minimum absolute atomic E-state index is 0.0435. The molecule has 2 aromatic carbocycles. The molecule has 0 unspecified atom stereocenters. The largest absolute Gasteiger partial charge is 0.363 e. The molecule has 1 aliphatic carbocycles. The average Bonchev–Trinajstić information content (AvgIpc) is 3.33. The summed E-state index contributed by atoms with van der Waals surface area (Å²) in [6.45, 7) is 0. The molecular formula is C20H17NO6S. The number of carbonyl (C=O) groups excluding carboxylic acids is 3. The number of fused-ring (bicyclic) bond motifs is 1. The van der Waals surface area contributed by atoms with E-state index in [1.165, 1.54) is 36.4 Å². The average molecular weight is 399 g/mol. The van der Waals surface area contributed by atoms with Crippen LogP contribution in [0.2, 0.25) is 0 Å². The number of carbonyl (C=O) groups is 3. The van der Waals surface area contributed by atoms with Crippen molar-refractivity contribution in [3.63, 3.8) is 0 Å². The molecule has 2 aromatic rings. The van der Waals surface area contributed by atoms with Gasteiger partial charge in [0.15, 0.2) is 9.84 Å². The predicted octanol–water partition coefficient (Wildman–Crippen LogP) is 2.77. The Kier molecular flexibility index (Phi) is 4.50. The maximum absolute atomic E-state index is 12.6. The Morgan fingerprint density at radius 3 is 1.96 bits per heavy atom. The van der Waals surface area contributed by atoms with E-state index in [0.717, 1.165) is 12.8 Å². The maximum Gasteiger partial charge on any atom is 0.363 e. The second kappa shape index (κ2) is 6.87. The number of hydrogen-bond donors (Lipinski definition) is 0. The van der Waals surface area contributed by atoms with Gasteiger partial charge in [-0.05, 0) is 49.2 Å². The second-order valence-corrected chi connectivity index (χ2v) is 9.03. The van der Waals surface area contributed by atoms with Crippen molar-refractivity contribution in [2.24, 2.45) is 0 Å². The zero-order valence-electron chi connectivity index (χ0n) is 14.8. The number of benzene rings is 2. The molecule has 0 N–H and O–H groups in total. The molecule has 1 aliphatic heterocycles. The molecule has 144 valence electrons. The van der Waals surface area contributed by atoms with E-state index in [1.807, 2.05) is 0 Å². The fraction of sp³-hybridized carbons (Fsp3) is 0.250. The van der Waals surface area contributed by atoms with Gasteiger partial charge in [-0.1, -0.05) is 30.0 Å². The standard InChI is InChI=1S/C20H17NO6S/c22-18-16-7-3-4-8-17(16)19(23)21(18)27-20(24)13-9-11-15(12-10-13)28(25,26)14-5-1-2-6-14/h3-4,7-12,14H,1-2,5-6H2. The van der Waals surface area contributed by atoms with Gasteiger partial charge in [0.05, 0.1) is 26.8 Å². The van der Waals surface area contributed by atoms with Gasteiger partial charge in [0.1, 0.15) is 0 Å². The van der Waals surface area contributed by atoms with Gasteiger partial charge >= 0.3 is 5.97 Å². The van der Waals surface area contributed by atoms with Crippen molar-refractivity contribution < 1.29 is 27.6 Å². The van der Waals surface area contributed by atoms with Gasteiger partial charge in [-0.3, -0.25) is 9.59 Å². The molecule has 1 heterocycles. The molecule has 8 heteroatoms. The van der Waals surface area contributed by atoms with Gasteiger partial charge in [0.25, 0.3) is 11.8 Å². The summed E-state index contributed by atoms with van der Waals surface area (Å²) in [6.07, 6.45) is 3.08. The van der Waals surface area contributed by atoms with E-state index in [1.54, 1.807) is 12.1 Å². The van der Waals surface area contributed by atoms with Crippen molar-refractivity contribution in [2.75, 3.05) is 0 Å². The predicted molar refractivity (Wildman–Crippen MR) is 98.2 cm³/mol. The van der Waals surface area contributed by atoms with E-state index >= 15 is 0 Å². The summed E-state index contributed by atoms with van der Waals surface area (Å²) in [5, 5.41) is 0.0413. The molecule has 7 nitrogen and oxygen atoms in total. The van der Waals surface area contributed by atoms with E-state index in [2.05, 4.69) is 0 Å². The minimum Gasteiger partial charge on any atom is -0.324 e. The first-order valence-electron chi connectivity index (χ1n) is 8.93. The van der Waals surface area contributed by atoms with Crippen molar-refractivity contribution in [3.05, 3.63) is 65.2 Å². The summed E-state index contributed by atoms with van der Waals surface area (Å²) < 4.78 is 25.2. The highest BCUT2D eigenvalue weighted by atomic mass is 32.2. The molecule has 0 aromatic heterocycles. The zero-order valence-corrected chi connectivity index (χ0v) is 15.6. The third-order valence-electron chi connectivity index (χ3n) is 5.09. The highest BCUT2D eigenvalue weighted by Gasteiger charge is 2.39. The Balaban J connectivity index is 1.51. The van der Waals surface area contributed by atoms with Crippen molar-refractivity contribution in [1.29, 1.82) is 0 Å². The number of hydroxylamine groups is 2. The van der Waals surface area contributed by atoms with Crippen LogP contribution >= 0.6 is 0 Å². The highest BCUT2D eigenvalue weighted by Crippen LogP contribution is 2.30. The summed E-state index contributed by atoms with van der Waals surface area (Å²) in [5.41, 5.74) is 0.374. The van der Waals surface area contributed by atoms with Crippen LogP contribution in [0.25, 0.3) is 0 Å². The molecule has 1 fully saturated rings. The first kappa shape index (κ1) is 18.4. The monoisotopic (exact) mass is 399 g/mol. The van der Waals surface area contributed by atoms with E-state index < -0.39 is 27.6 Å². The molecule has 2 amide bonds. The van der Waals surface area contributed by atoms with Crippen LogP contribution in [0.5, 0.6) is 0 Å². The Morgan fingerprint density at radius 2 is 1.43 bits per heavy atom. The Labute approximate surface area is 161 Å². The van der Waals surface area contributed by atoms with Gasteiger partial charge in [-0.2, -0.15) is 0 Å². The van der Waals surface area contributed by atoms with Crippen molar-refractivity contribution in [3.8, 4) is 0 Å². The number of rotatable bonds is 4. The molecule has 0 bridgehead atoms. The quantitative estimate of drug-likeness (QED) is 0.734. The topological polar surface area (TPSA) is 97.8 Å². The van der Waals surface area contributed by atoms with Crippen LogP contribution in [-0.4, -0.2) is 36.5 Å². The van der Waals surface area contributed by atoms with Crippen LogP contribution in [0.15, 0.2) is 53.4 Å². The number of amides is 2. The SMILES string of the molecule is O=C(ON1C(=O)c2ccccc2C1=O)c1ccc(S(=O)(=O)C2CCCC2)cc1. The van der Waals surface area contributed by atoms with Gasteiger partial charge in [0.2, 0.25) is 0 Å². The van der Waals surface area contributed by atoms with Gasteiger partial charge in [-0.15, -0.1) is 0 Å². The summed E-state index contributed by atoms with van der Waals surface area (Å²) in [4.78, 5) is 42.0. The number of sulfone groups is 1. The number of imide groups is 1. The van der Waals surface area contributed by atoms with Gasteiger partial charge in [0, 0.05) is 0 Å². The third kappa shape index (κ3) is 2.99. The van der Waals surface area contributed by atoms with Gasteiger partial charge < -0.3 is 4.84 Å². The van der Waals surface area contributed by atoms with Crippen molar-refractivity contribution in [1.82, 2.24) is 5.06 Å². The van der Waals surface area contributed by atoms with Crippen LogP contribution in [0.1, 0.15) is 56.8 Å². The lowest BCUT2D eigenvalue weighted by atomic mass is 10.1. The van der Waals surface area contributed by atoms with Crippen molar-refractivity contribution >= 4 is 27.6 Å². The molecule has 0 spiro atoms. The van der Waals surface area contributed by atoms with Gasteiger partial charge in [-0.25, -0.2) is 13.2 Å². The van der Waals surface area contributed by atoms with E-state index in [9.17, 15) is 22.8 Å². The summed E-state index contributed by atoms with van der Waals surface area (Å²) in [7, 11) is -3.43. The smallest absolute Gasteiger partial charge is 0.324 e. The lowest BCUT2D eigenvalue weighted by molar-refractivity contribution is -0.0584. The fourth-order valence-corrected chi connectivity index (χ4v) is 5.41. The summed E-state index contributed by atoms with van der Waals surface area (Å²) in [6, 6.07) is 11.5. The van der Waals surface area contributed by atoms with Crippen molar-refractivity contribution in [2.45, 2.75) is 35.8 Å². The summed E-state index contributed by atoms with van der Waals surface area (Å²) in [5.74, 6) is -2.34. The molecule has 0 radical (unpaired) electrons.